The fourth-order valence-electron chi connectivity index (χ4n) is 2.97. The third kappa shape index (κ3) is 4.18. The van der Waals surface area contributed by atoms with Crippen LogP contribution in [0.15, 0.2) is 23.1 Å². The molecule has 0 spiro atoms. The lowest BCUT2D eigenvalue weighted by molar-refractivity contribution is -0.385. The standard InChI is InChI=1S/C16H20N2O7S/c1-10-3-5-16(6-4-10,15(20)21)17-14(19)11-7-12(18(22)23)9-13(8-11)26(2,24)25/h7-10H,3-6H2,1-2H3,(H,17,19)(H,20,21). The van der Waals surface area contributed by atoms with Gasteiger partial charge in [0, 0.05) is 24.0 Å². The lowest BCUT2D eigenvalue weighted by Crippen LogP contribution is -2.56. The van der Waals surface area contributed by atoms with E-state index in [1.165, 1.54) is 0 Å². The average Bonchev–Trinajstić information content (AvgIpc) is 2.55. The topological polar surface area (TPSA) is 144 Å². The first-order valence-electron chi connectivity index (χ1n) is 8.00. The lowest BCUT2D eigenvalue weighted by Gasteiger charge is -2.36. The van der Waals surface area contributed by atoms with Crippen molar-refractivity contribution in [3.63, 3.8) is 0 Å². The number of carbonyl (C=O) groups is 2. The number of sulfone groups is 1. The lowest BCUT2D eigenvalue weighted by atomic mass is 9.77. The molecule has 1 aromatic rings. The minimum atomic E-state index is -3.79. The van der Waals surface area contributed by atoms with Crippen LogP contribution in [0.5, 0.6) is 0 Å². The van der Waals surface area contributed by atoms with E-state index in [-0.39, 0.29) is 23.3 Å². The fraction of sp³-hybridized carbons (Fsp3) is 0.500. The van der Waals surface area contributed by atoms with Crippen LogP contribution < -0.4 is 5.32 Å². The van der Waals surface area contributed by atoms with E-state index in [1.807, 2.05) is 6.92 Å². The van der Waals surface area contributed by atoms with Crippen molar-refractivity contribution in [3.05, 3.63) is 33.9 Å². The van der Waals surface area contributed by atoms with Gasteiger partial charge in [-0.1, -0.05) is 6.92 Å². The first kappa shape index (κ1) is 19.8. The smallest absolute Gasteiger partial charge is 0.329 e. The van der Waals surface area contributed by atoms with E-state index < -0.39 is 37.9 Å². The Kier molecular flexibility index (Phi) is 5.36. The van der Waals surface area contributed by atoms with Gasteiger partial charge in [-0.15, -0.1) is 0 Å². The maximum atomic E-state index is 12.6. The quantitative estimate of drug-likeness (QED) is 0.581. The summed E-state index contributed by atoms with van der Waals surface area (Å²) in [5.41, 5.74) is -2.28. The Morgan fingerprint density at radius 3 is 2.31 bits per heavy atom. The van der Waals surface area contributed by atoms with E-state index in [2.05, 4.69) is 5.32 Å². The van der Waals surface area contributed by atoms with Crippen molar-refractivity contribution in [3.8, 4) is 0 Å². The van der Waals surface area contributed by atoms with Crippen molar-refractivity contribution in [1.29, 1.82) is 0 Å². The summed E-state index contributed by atoms with van der Waals surface area (Å²) in [6.07, 6.45) is 2.59. The van der Waals surface area contributed by atoms with E-state index >= 15 is 0 Å². The van der Waals surface area contributed by atoms with Crippen LogP contribution in [0.25, 0.3) is 0 Å². The molecule has 0 radical (unpaired) electrons. The molecule has 142 valence electrons. The molecule has 1 aliphatic rings. The molecule has 1 aromatic carbocycles. The van der Waals surface area contributed by atoms with Gasteiger partial charge in [0.2, 0.25) is 0 Å². The van der Waals surface area contributed by atoms with Crippen LogP contribution in [0.3, 0.4) is 0 Å². The molecule has 10 heteroatoms. The van der Waals surface area contributed by atoms with Crippen molar-refractivity contribution < 1.29 is 28.0 Å². The molecule has 1 fully saturated rings. The highest BCUT2D eigenvalue weighted by molar-refractivity contribution is 7.90. The highest BCUT2D eigenvalue weighted by Gasteiger charge is 2.42. The van der Waals surface area contributed by atoms with Crippen molar-refractivity contribution in [2.24, 2.45) is 5.92 Å². The van der Waals surface area contributed by atoms with Crippen molar-refractivity contribution in [1.82, 2.24) is 5.32 Å². The number of nitro groups is 1. The maximum absolute atomic E-state index is 12.6. The molecule has 0 bridgehead atoms. The van der Waals surface area contributed by atoms with Crippen LogP contribution in [0.1, 0.15) is 43.0 Å². The maximum Gasteiger partial charge on any atom is 0.329 e. The predicted molar refractivity (Wildman–Crippen MR) is 91.7 cm³/mol. The van der Waals surface area contributed by atoms with Crippen molar-refractivity contribution in [2.45, 2.75) is 43.0 Å². The second kappa shape index (κ2) is 7.02. The normalized spacial score (nSPS) is 23.2. The second-order valence-corrected chi connectivity index (χ2v) is 8.78. The first-order chi connectivity index (χ1) is 11.9. The summed E-state index contributed by atoms with van der Waals surface area (Å²) >= 11 is 0. The Hall–Kier alpha value is -2.49. The number of carboxylic acid groups (broad SMARTS) is 1. The van der Waals surface area contributed by atoms with Gasteiger partial charge in [-0.3, -0.25) is 14.9 Å². The minimum absolute atomic E-state index is 0.239. The molecular weight excluding hydrogens is 364 g/mol. The van der Waals surface area contributed by atoms with E-state index in [9.17, 15) is 33.2 Å². The van der Waals surface area contributed by atoms with E-state index in [4.69, 9.17) is 0 Å². The summed E-state index contributed by atoms with van der Waals surface area (Å²) in [6.45, 7) is 1.99. The van der Waals surface area contributed by atoms with Gasteiger partial charge in [-0.25, -0.2) is 13.2 Å². The zero-order valence-corrected chi connectivity index (χ0v) is 15.2. The van der Waals surface area contributed by atoms with Gasteiger partial charge in [-0.05, 0) is 37.7 Å². The number of hydrogen-bond donors (Lipinski definition) is 2. The van der Waals surface area contributed by atoms with Gasteiger partial charge >= 0.3 is 5.97 Å². The largest absolute Gasteiger partial charge is 0.480 e. The van der Waals surface area contributed by atoms with Crippen LogP contribution >= 0.6 is 0 Å². The fourth-order valence-corrected chi connectivity index (χ4v) is 3.65. The molecule has 0 unspecified atom stereocenters. The predicted octanol–water partition coefficient (Wildman–Crippen LogP) is 1.76. The number of aliphatic carboxylic acids is 1. The molecule has 1 saturated carbocycles. The molecule has 1 aliphatic carbocycles. The summed E-state index contributed by atoms with van der Waals surface area (Å²) < 4.78 is 23.5. The van der Waals surface area contributed by atoms with Crippen LogP contribution in [0.2, 0.25) is 0 Å². The minimum Gasteiger partial charge on any atom is -0.480 e. The number of nitro benzene ring substituents is 1. The van der Waals surface area contributed by atoms with Gasteiger partial charge in [0.1, 0.15) is 5.54 Å². The number of nitrogens with one attached hydrogen (secondary N) is 1. The van der Waals surface area contributed by atoms with Crippen LogP contribution in [0.4, 0.5) is 5.69 Å². The number of carbonyl (C=O) groups excluding carboxylic acids is 1. The summed E-state index contributed by atoms with van der Waals surface area (Å²) in [5.74, 6) is -1.68. The summed E-state index contributed by atoms with van der Waals surface area (Å²) in [5, 5.41) is 23.1. The van der Waals surface area contributed by atoms with E-state index in [0.717, 1.165) is 24.5 Å². The van der Waals surface area contributed by atoms with Crippen LogP contribution in [-0.4, -0.2) is 42.1 Å². The summed E-state index contributed by atoms with van der Waals surface area (Å²) in [6, 6.07) is 2.81. The number of nitrogens with zero attached hydrogens (tertiary/aromatic N) is 1. The van der Waals surface area contributed by atoms with Crippen LogP contribution in [0, 0.1) is 16.0 Å². The number of hydrogen-bond acceptors (Lipinski definition) is 6. The SMILES string of the molecule is CC1CCC(NC(=O)c2cc([N+](=O)[O-])cc(S(C)(=O)=O)c2)(C(=O)O)CC1. The van der Waals surface area contributed by atoms with Crippen molar-refractivity contribution >= 4 is 27.4 Å². The van der Waals surface area contributed by atoms with Crippen molar-refractivity contribution in [2.75, 3.05) is 6.26 Å². The van der Waals surface area contributed by atoms with Gasteiger partial charge in [0.15, 0.2) is 9.84 Å². The first-order valence-corrected chi connectivity index (χ1v) is 9.89. The Morgan fingerprint density at radius 1 is 1.27 bits per heavy atom. The molecule has 2 N–H and O–H groups in total. The molecule has 1 amide bonds. The summed E-state index contributed by atoms with van der Waals surface area (Å²) in [7, 11) is -3.79. The Balaban J connectivity index is 2.41. The molecular formula is C16H20N2O7S. The number of benzene rings is 1. The highest BCUT2D eigenvalue weighted by atomic mass is 32.2. The van der Waals surface area contributed by atoms with E-state index in [0.29, 0.717) is 18.8 Å². The molecule has 26 heavy (non-hydrogen) atoms. The highest BCUT2D eigenvalue weighted by Crippen LogP contribution is 2.32. The van der Waals surface area contributed by atoms with Gasteiger partial charge in [-0.2, -0.15) is 0 Å². The Bertz CT molecular complexity index is 855. The number of carboxylic acids is 1. The number of non-ortho nitro benzene ring substituents is 1. The molecule has 0 aromatic heterocycles. The monoisotopic (exact) mass is 384 g/mol. The molecule has 2 rings (SSSR count). The van der Waals surface area contributed by atoms with Crippen LogP contribution in [-0.2, 0) is 14.6 Å². The zero-order chi connectivity index (χ0) is 19.7. The molecule has 0 saturated heterocycles. The molecule has 0 heterocycles. The number of rotatable bonds is 5. The van der Waals surface area contributed by atoms with Gasteiger partial charge in [0.25, 0.3) is 11.6 Å². The third-order valence-corrected chi connectivity index (χ3v) is 5.77. The molecule has 0 atom stereocenters. The van der Waals surface area contributed by atoms with Gasteiger partial charge in [0.05, 0.1) is 9.82 Å². The second-order valence-electron chi connectivity index (χ2n) is 6.77. The Labute approximate surface area is 150 Å². The summed E-state index contributed by atoms with van der Waals surface area (Å²) in [4.78, 5) is 34.2. The third-order valence-electron chi connectivity index (χ3n) is 4.68. The Morgan fingerprint density at radius 2 is 1.85 bits per heavy atom. The van der Waals surface area contributed by atoms with Gasteiger partial charge < -0.3 is 10.4 Å². The van der Waals surface area contributed by atoms with E-state index in [1.54, 1.807) is 0 Å². The molecule has 0 aliphatic heterocycles. The number of amides is 1. The average molecular weight is 384 g/mol. The zero-order valence-electron chi connectivity index (χ0n) is 14.4. The molecule has 9 nitrogen and oxygen atoms in total.